The van der Waals surface area contributed by atoms with Crippen LogP contribution in [0.25, 0.3) is 0 Å². The molecular weight excluding hydrogens is 364 g/mol. The zero-order valence-electron chi connectivity index (χ0n) is 20.4. The third kappa shape index (κ3) is 6.96. The number of nitrogens with one attached hydrogen (secondary N) is 1. The van der Waals surface area contributed by atoms with Gasteiger partial charge in [-0.1, -0.05) is 39.5 Å². The Kier molecular flexibility index (Phi) is 9.00. The standard InChI is InChI=1S/C28H52N2/c1-22-3-7-24(8-4-22)19-30(20-25-9-5-23(2)6-10-25)21-26-11-13-27(14-12-26)28-15-17-29-18-16-28/h22-29H,3-21H2,1-2H3. The van der Waals surface area contributed by atoms with Crippen LogP contribution >= 0.6 is 0 Å². The van der Waals surface area contributed by atoms with Crippen molar-refractivity contribution in [3.63, 3.8) is 0 Å². The lowest BCUT2D eigenvalue weighted by Gasteiger charge is -2.40. The summed E-state index contributed by atoms with van der Waals surface area (Å²) in [5.74, 6) is 7.05. The number of nitrogens with zero attached hydrogens (tertiary/aromatic N) is 1. The summed E-state index contributed by atoms with van der Waals surface area (Å²) in [5, 5.41) is 3.56. The fourth-order valence-corrected chi connectivity index (χ4v) is 7.50. The van der Waals surface area contributed by atoms with Crippen LogP contribution in [-0.2, 0) is 0 Å². The van der Waals surface area contributed by atoms with Crippen molar-refractivity contribution in [1.29, 1.82) is 0 Å². The summed E-state index contributed by atoms with van der Waals surface area (Å²) in [6.45, 7) is 11.8. The second-order valence-electron chi connectivity index (χ2n) is 12.3. The van der Waals surface area contributed by atoms with E-state index in [-0.39, 0.29) is 0 Å². The molecule has 2 nitrogen and oxygen atoms in total. The first kappa shape index (κ1) is 23.1. The maximum atomic E-state index is 3.56. The number of rotatable bonds is 7. The zero-order valence-corrected chi connectivity index (χ0v) is 20.4. The molecule has 0 bridgehead atoms. The normalized spacial score (nSPS) is 39.3. The highest BCUT2D eigenvalue weighted by molar-refractivity contribution is 4.84. The van der Waals surface area contributed by atoms with Gasteiger partial charge < -0.3 is 10.2 Å². The van der Waals surface area contributed by atoms with Crippen LogP contribution in [0.15, 0.2) is 0 Å². The Morgan fingerprint density at radius 3 is 1.30 bits per heavy atom. The highest BCUT2D eigenvalue weighted by atomic mass is 15.1. The van der Waals surface area contributed by atoms with Gasteiger partial charge in [0.25, 0.3) is 0 Å². The van der Waals surface area contributed by atoms with Gasteiger partial charge in [-0.05, 0) is 119 Å². The molecule has 0 amide bonds. The highest BCUT2D eigenvalue weighted by Gasteiger charge is 2.31. The monoisotopic (exact) mass is 416 g/mol. The molecule has 4 fully saturated rings. The maximum Gasteiger partial charge on any atom is 0.000989 e. The highest BCUT2D eigenvalue weighted by Crippen LogP contribution is 2.38. The first-order chi connectivity index (χ1) is 14.7. The smallest absolute Gasteiger partial charge is 0.000989 e. The summed E-state index contributed by atoms with van der Waals surface area (Å²) in [7, 11) is 0. The van der Waals surface area contributed by atoms with Crippen molar-refractivity contribution in [1.82, 2.24) is 10.2 Å². The third-order valence-electron chi connectivity index (χ3n) is 9.76. The van der Waals surface area contributed by atoms with E-state index in [4.69, 9.17) is 0 Å². The lowest BCUT2D eigenvalue weighted by atomic mass is 9.72. The Labute approximate surface area is 188 Å². The van der Waals surface area contributed by atoms with Crippen LogP contribution in [0.5, 0.6) is 0 Å². The van der Waals surface area contributed by atoms with Gasteiger partial charge in [-0.25, -0.2) is 0 Å². The Hall–Kier alpha value is -0.0800. The summed E-state index contributed by atoms with van der Waals surface area (Å²) in [6.07, 6.45) is 21.0. The molecule has 1 heterocycles. The van der Waals surface area contributed by atoms with Crippen LogP contribution in [0.4, 0.5) is 0 Å². The first-order valence-corrected chi connectivity index (χ1v) is 14.1. The van der Waals surface area contributed by atoms with E-state index in [2.05, 4.69) is 24.1 Å². The van der Waals surface area contributed by atoms with Crippen LogP contribution in [0.3, 0.4) is 0 Å². The Morgan fingerprint density at radius 1 is 0.500 bits per heavy atom. The van der Waals surface area contributed by atoms with Crippen molar-refractivity contribution < 1.29 is 0 Å². The largest absolute Gasteiger partial charge is 0.317 e. The van der Waals surface area contributed by atoms with Crippen molar-refractivity contribution >= 4 is 0 Å². The van der Waals surface area contributed by atoms with Gasteiger partial charge in [-0.3, -0.25) is 0 Å². The quantitative estimate of drug-likeness (QED) is 0.494. The van der Waals surface area contributed by atoms with E-state index in [1.54, 1.807) is 0 Å². The van der Waals surface area contributed by atoms with Crippen LogP contribution in [0.1, 0.15) is 104 Å². The van der Waals surface area contributed by atoms with E-state index in [1.807, 2.05) is 0 Å². The summed E-state index contributed by atoms with van der Waals surface area (Å²) in [5.41, 5.74) is 0. The van der Waals surface area contributed by atoms with Crippen LogP contribution < -0.4 is 5.32 Å². The van der Waals surface area contributed by atoms with Crippen LogP contribution in [0.2, 0.25) is 0 Å². The SMILES string of the molecule is CC1CCC(CN(CC2CCC(C)CC2)CC2CCC(C3CCNCC3)CC2)CC1. The Morgan fingerprint density at radius 2 is 0.867 bits per heavy atom. The molecule has 0 aromatic rings. The molecule has 4 rings (SSSR count). The van der Waals surface area contributed by atoms with Crippen LogP contribution in [-0.4, -0.2) is 37.6 Å². The van der Waals surface area contributed by atoms with E-state index < -0.39 is 0 Å². The van der Waals surface area contributed by atoms with Gasteiger partial charge in [0.15, 0.2) is 0 Å². The molecule has 30 heavy (non-hydrogen) atoms. The fraction of sp³-hybridized carbons (Fsp3) is 1.00. The fourth-order valence-electron chi connectivity index (χ4n) is 7.50. The number of hydrogen-bond donors (Lipinski definition) is 1. The molecule has 1 aliphatic heterocycles. The summed E-state index contributed by atoms with van der Waals surface area (Å²) >= 11 is 0. The minimum atomic E-state index is 0.986. The molecule has 2 heteroatoms. The molecule has 174 valence electrons. The maximum absolute atomic E-state index is 3.56. The molecule has 0 atom stereocenters. The van der Waals surface area contributed by atoms with Gasteiger partial charge in [0.1, 0.15) is 0 Å². The summed E-state index contributed by atoms with van der Waals surface area (Å²) < 4.78 is 0. The molecule has 3 saturated carbocycles. The van der Waals surface area contributed by atoms with Gasteiger partial charge in [-0.15, -0.1) is 0 Å². The van der Waals surface area contributed by atoms with E-state index in [0.29, 0.717) is 0 Å². The topological polar surface area (TPSA) is 15.3 Å². The summed E-state index contributed by atoms with van der Waals surface area (Å²) in [4.78, 5) is 3.00. The second-order valence-corrected chi connectivity index (χ2v) is 12.3. The van der Waals surface area contributed by atoms with Gasteiger partial charge >= 0.3 is 0 Å². The van der Waals surface area contributed by atoms with Crippen molar-refractivity contribution in [3.8, 4) is 0 Å². The van der Waals surface area contributed by atoms with E-state index in [1.165, 1.54) is 123 Å². The van der Waals surface area contributed by atoms with Crippen molar-refractivity contribution in [2.24, 2.45) is 41.4 Å². The number of piperidine rings is 1. The lowest BCUT2D eigenvalue weighted by molar-refractivity contribution is 0.101. The Bertz CT molecular complexity index is 437. The van der Waals surface area contributed by atoms with Crippen molar-refractivity contribution in [3.05, 3.63) is 0 Å². The molecule has 1 saturated heterocycles. The minimum Gasteiger partial charge on any atom is -0.317 e. The second kappa shape index (κ2) is 11.7. The minimum absolute atomic E-state index is 0.986. The molecule has 0 aromatic carbocycles. The average Bonchev–Trinajstić information content (AvgIpc) is 2.78. The van der Waals surface area contributed by atoms with Gasteiger partial charge in [-0.2, -0.15) is 0 Å². The molecule has 3 aliphatic carbocycles. The molecule has 4 aliphatic rings. The van der Waals surface area contributed by atoms with Crippen LogP contribution in [0, 0.1) is 41.4 Å². The van der Waals surface area contributed by atoms with Gasteiger partial charge in [0.05, 0.1) is 0 Å². The molecule has 0 spiro atoms. The van der Waals surface area contributed by atoms with Crippen molar-refractivity contribution in [2.75, 3.05) is 32.7 Å². The molecule has 1 N–H and O–H groups in total. The predicted molar refractivity (Wildman–Crippen MR) is 130 cm³/mol. The molecular formula is C28H52N2. The zero-order chi connectivity index (χ0) is 20.8. The van der Waals surface area contributed by atoms with Crippen molar-refractivity contribution in [2.45, 2.75) is 104 Å². The average molecular weight is 417 g/mol. The summed E-state index contributed by atoms with van der Waals surface area (Å²) in [6, 6.07) is 0. The third-order valence-corrected chi connectivity index (χ3v) is 9.76. The Balaban J connectivity index is 1.26. The van der Waals surface area contributed by atoms with E-state index in [0.717, 1.165) is 41.4 Å². The molecule has 0 radical (unpaired) electrons. The lowest BCUT2D eigenvalue weighted by Crippen LogP contribution is -2.40. The van der Waals surface area contributed by atoms with Gasteiger partial charge in [0.2, 0.25) is 0 Å². The molecule has 0 unspecified atom stereocenters. The first-order valence-electron chi connectivity index (χ1n) is 14.1. The molecule has 0 aromatic heterocycles. The van der Waals surface area contributed by atoms with E-state index >= 15 is 0 Å². The number of hydrogen-bond acceptors (Lipinski definition) is 2. The van der Waals surface area contributed by atoms with E-state index in [9.17, 15) is 0 Å². The van der Waals surface area contributed by atoms with Gasteiger partial charge in [0, 0.05) is 19.6 Å². The predicted octanol–water partition coefficient (Wildman–Crippen LogP) is 6.75.